The van der Waals surface area contributed by atoms with Gasteiger partial charge in [-0.05, 0) is 18.6 Å². The van der Waals surface area contributed by atoms with Crippen LogP contribution >= 0.6 is 11.6 Å². The lowest BCUT2D eigenvalue weighted by Crippen LogP contribution is -2.07. The standard InChI is InChI=1S/C12H18ClNO2/c1-2-3-6-15-7-8-16-12-5-4-11(9-13)14-10-12/h4-5,10H,2-3,6-9H2,1H3. The normalized spacial score (nSPS) is 10.4. The Morgan fingerprint density at radius 2 is 2.12 bits per heavy atom. The average Bonchev–Trinajstić information content (AvgIpc) is 2.34. The van der Waals surface area contributed by atoms with Crippen LogP contribution in [0.4, 0.5) is 0 Å². The van der Waals surface area contributed by atoms with Crippen molar-refractivity contribution in [2.24, 2.45) is 0 Å². The average molecular weight is 244 g/mol. The molecule has 0 aliphatic heterocycles. The largest absolute Gasteiger partial charge is 0.490 e. The Bertz CT molecular complexity index is 277. The van der Waals surface area contributed by atoms with E-state index >= 15 is 0 Å². The van der Waals surface area contributed by atoms with Crippen molar-refractivity contribution in [3.63, 3.8) is 0 Å². The van der Waals surface area contributed by atoms with E-state index in [9.17, 15) is 0 Å². The van der Waals surface area contributed by atoms with E-state index in [1.165, 1.54) is 0 Å². The number of pyridine rings is 1. The van der Waals surface area contributed by atoms with Crippen LogP contribution in [0.2, 0.25) is 0 Å². The van der Waals surface area contributed by atoms with Crippen LogP contribution < -0.4 is 4.74 Å². The summed E-state index contributed by atoms with van der Waals surface area (Å²) in [6, 6.07) is 3.73. The van der Waals surface area contributed by atoms with Crippen molar-refractivity contribution in [3.05, 3.63) is 24.0 Å². The number of hydrogen-bond donors (Lipinski definition) is 0. The van der Waals surface area contributed by atoms with Crippen LogP contribution in [0, 0.1) is 0 Å². The molecule has 0 bridgehead atoms. The number of ether oxygens (including phenoxy) is 2. The molecule has 0 aliphatic carbocycles. The smallest absolute Gasteiger partial charge is 0.137 e. The van der Waals surface area contributed by atoms with Gasteiger partial charge in [-0.1, -0.05) is 13.3 Å². The third kappa shape index (κ3) is 5.33. The maximum absolute atomic E-state index is 5.63. The molecule has 1 rings (SSSR count). The second-order valence-corrected chi connectivity index (χ2v) is 3.70. The number of rotatable bonds is 8. The van der Waals surface area contributed by atoms with Crippen molar-refractivity contribution in [1.82, 2.24) is 4.98 Å². The fourth-order valence-corrected chi connectivity index (χ4v) is 1.30. The summed E-state index contributed by atoms with van der Waals surface area (Å²) >= 11 is 5.63. The summed E-state index contributed by atoms with van der Waals surface area (Å²) in [6.07, 6.45) is 3.94. The van der Waals surface area contributed by atoms with Crippen LogP contribution in [0.15, 0.2) is 18.3 Å². The molecule has 0 radical (unpaired) electrons. The first-order valence-electron chi connectivity index (χ1n) is 5.58. The second-order valence-electron chi connectivity index (χ2n) is 3.43. The van der Waals surface area contributed by atoms with Gasteiger partial charge < -0.3 is 9.47 Å². The van der Waals surface area contributed by atoms with Gasteiger partial charge in [0.2, 0.25) is 0 Å². The van der Waals surface area contributed by atoms with Gasteiger partial charge >= 0.3 is 0 Å². The summed E-state index contributed by atoms with van der Waals surface area (Å²) in [7, 11) is 0. The van der Waals surface area contributed by atoms with Gasteiger partial charge in [-0.25, -0.2) is 0 Å². The molecule has 1 aromatic rings. The fourth-order valence-electron chi connectivity index (χ4n) is 1.14. The van der Waals surface area contributed by atoms with Crippen LogP contribution in [0.5, 0.6) is 5.75 Å². The van der Waals surface area contributed by atoms with Gasteiger partial charge in [0.05, 0.1) is 24.4 Å². The summed E-state index contributed by atoms with van der Waals surface area (Å²) in [5, 5.41) is 0. The van der Waals surface area contributed by atoms with E-state index in [1.54, 1.807) is 6.20 Å². The molecule has 0 amide bonds. The quantitative estimate of drug-likeness (QED) is 0.520. The van der Waals surface area contributed by atoms with E-state index in [0.717, 1.165) is 30.9 Å². The summed E-state index contributed by atoms with van der Waals surface area (Å²) in [4.78, 5) is 4.13. The number of nitrogens with zero attached hydrogens (tertiary/aromatic N) is 1. The van der Waals surface area contributed by atoms with Gasteiger partial charge in [-0.15, -0.1) is 11.6 Å². The van der Waals surface area contributed by atoms with Crippen LogP contribution in [-0.2, 0) is 10.6 Å². The topological polar surface area (TPSA) is 31.4 Å². The molecular weight excluding hydrogens is 226 g/mol. The minimum atomic E-state index is 0.431. The molecule has 0 saturated heterocycles. The lowest BCUT2D eigenvalue weighted by molar-refractivity contribution is 0.0979. The summed E-state index contributed by atoms with van der Waals surface area (Å²) < 4.78 is 10.8. The minimum absolute atomic E-state index is 0.431. The molecule has 0 N–H and O–H groups in total. The number of aromatic nitrogens is 1. The Morgan fingerprint density at radius 3 is 2.75 bits per heavy atom. The fraction of sp³-hybridized carbons (Fsp3) is 0.583. The zero-order valence-electron chi connectivity index (χ0n) is 9.62. The first kappa shape index (κ1) is 13.3. The Hall–Kier alpha value is -0.800. The first-order chi connectivity index (χ1) is 7.86. The molecule has 90 valence electrons. The molecular formula is C12H18ClNO2. The molecule has 0 atom stereocenters. The minimum Gasteiger partial charge on any atom is -0.490 e. The van der Waals surface area contributed by atoms with E-state index in [-0.39, 0.29) is 0 Å². The molecule has 0 saturated carbocycles. The number of unbranched alkanes of at least 4 members (excludes halogenated alkanes) is 1. The summed E-state index contributed by atoms with van der Waals surface area (Å²) in [5.74, 6) is 1.19. The Labute approximate surface area is 102 Å². The third-order valence-corrected chi connectivity index (χ3v) is 2.35. The van der Waals surface area contributed by atoms with Crippen molar-refractivity contribution in [2.75, 3.05) is 19.8 Å². The van der Waals surface area contributed by atoms with E-state index in [1.807, 2.05) is 12.1 Å². The van der Waals surface area contributed by atoms with E-state index < -0.39 is 0 Å². The molecule has 1 aromatic heterocycles. The molecule has 16 heavy (non-hydrogen) atoms. The maximum Gasteiger partial charge on any atom is 0.137 e. The highest BCUT2D eigenvalue weighted by atomic mass is 35.5. The monoisotopic (exact) mass is 243 g/mol. The molecule has 0 unspecified atom stereocenters. The molecule has 0 spiro atoms. The lowest BCUT2D eigenvalue weighted by atomic mass is 10.4. The van der Waals surface area contributed by atoms with Gasteiger partial charge in [0.25, 0.3) is 0 Å². The van der Waals surface area contributed by atoms with E-state index in [2.05, 4.69) is 11.9 Å². The molecule has 0 fully saturated rings. The number of hydrogen-bond acceptors (Lipinski definition) is 3. The van der Waals surface area contributed by atoms with Crippen molar-refractivity contribution in [2.45, 2.75) is 25.6 Å². The van der Waals surface area contributed by atoms with Crippen molar-refractivity contribution >= 4 is 11.6 Å². The van der Waals surface area contributed by atoms with Gasteiger partial charge in [-0.2, -0.15) is 0 Å². The highest BCUT2D eigenvalue weighted by Crippen LogP contribution is 2.10. The van der Waals surface area contributed by atoms with Gasteiger partial charge in [0.1, 0.15) is 12.4 Å². The summed E-state index contributed by atoms with van der Waals surface area (Å²) in [5.41, 5.74) is 0.855. The molecule has 0 aliphatic rings. The zero-order valence-corrected chi connectivity index (χ0v) is 10.4. The highest BCUT2D eigenvalue weighted by molar-refractivity contribution is 6.16. The van der Waals surface area contributed by atoms with Crippen LogP contribution in [0.1, 0.15) is 25.5 Å². The first-order valence-corrected chi connectivity index (χ1v) is 6.11. The third-order valence-electron chi connectivity index (χ3n) is 2.07. The number of halogens is 1. The molecule has 1 heterocycles. The Kier molecular flexibility index (Phi) is 6.93. The van der Waals surface area contributed by atoms with Crippen LogP contribution in [-0.4, -0.2) is 24.8 Å². The molecule has 3 nitrogen and oxygen atoms in total. The van der Waals surface area contributed by atoms with E-state index in [0.29, 0.717) is 19.1 Å². The van der Waals surface area contributed by atoms with Crippen LogP contribution in [0.25, 0.3) is 0 Å². The maximum atomic E-state index is 5.63. The number of alkyl halides is 1. The van der Waals surface area contributed by atoms with Crippen molar-refractivity contribution < 1.29 is 9.47 Å². The molecule has 4 heteroatoms. The molecule has 0 aromatic carbocycles. The van der Waals surface area contributed by atoms with Crippen molar-refractivity contribution in [1.29, 1.82) is 0 Å². The Morgan fingerprint density at radius 1 is 1.25 bits per heavy atom. The lowest BCUT2D eigenvalue weighted by Gasteiger charge is -2.06. The van der Waals surface area contributed by atoms with Gasteiger partial charge in [0, 0.05) is 6.61 Å². The zero-order chi connectivity index (χ0) is 11.6. The van der Waals surface area contributed by atoms with Gasteiger partial charge in [0.15, 0.2) is 0 Å². The Balaban J connectivity index is 2.12. The van der Waals surface area contributed by atoms with Crippen molar-refractivity contribution in [3.8, 4) is 5.75 Å². The predicted octanol–water partition coefficient (Wildman–Crippen LogP) is 3.02. The highest BCUT2D eigenvalue weighted by Gasteiger charge is 1.95. The van der Waals surface area contributed by atoms with Crippen LogP contribution in [0.3, 0.4) is 0 Å². The SMILES string of the molecule is CCCCOCCOc1ccc(CCl)nc1. The summed E-state index contributed by atoms with van der Waals surface area (Å²) in [6.45, 7) is 4.14. The second kappa shape index (κ2) is 8.36. The van der Waals surface area contributed by atoms with Gasteiger partial charge in [-0.3, -0.25) is 4.98 Å². The van der Waals surface area contributed by atoms with E-state index in [4.69, 9.17) is 21.1 Å². The predicted molar refractivity (Wildman–Crippen MR) is 65.0 cm³/mol.